The molecule has 0 saturated heterocycles. The summed E-state index contributed by atoms with van der Waals surface area (Å²) in [4.78, 5) is 10.1. The minimum absolute atomic E-state index is 0.0310. The Balaban J connectivity index is 2.35. The number of nitriles is 1. The van der Waals surface area contributed by atoms with Crippen LogP contribution in [0.25, 0.3) is 0 Å². The Hall–Kier alpha value is -2.67. The van der Waals surface area contributed by atoms with Gasteiger partial charge in [-0.15, -0.1) is 0 Å². The third kappa shape index (κ3) is 2.36. The van der Waals surface area contributed by atoms with E-state index in [0.717, 1.165) is 11.1 Å². The van der Waals surface area contributed by atoms with Crippen molar-refractivity contribution < 1.29 is 4.92 Å². The number of nitrogens with zero attached hydrogens (tertiary/aromatic N) is 2. The van der Waals surface area contributed by atoms with Gasteiger partial charge in [-0.1, -0.05) is 42.5 Å². The molecular formula is C14H10N2O2. The van der Waals surface area contributed by atoms with Gasteiger partial charge in [0, 0.05) is 12.1 Å². The first-order valence-electron chi connectivity index (χ1n) is 5.41. The normalized spacial score (nSPS) is 11.5. The fourth-order valence-corrected chi connectivity index (χ4v) is 1.78. The zero-order valence-corrected chi connectivity index (χ0v) is 9.48. The summed E-state index contributed by atoms with van der Waals surface area (Å²) in [6.07, 6.45) is 0. The Kier molecular flexibility index (Phi) is 3.35. The third-order valence-corrected chi connectivity index (χ3v) is 2.70. The van der Waals surface area contributed by atoms with Crippen LogP contribution in [0.15, 0.2) is 54.6 Å². The summed E-state index contributed by atoms with van der Waals surface area (Å²) in [5, 5.41) is 19.8. The first kappa shape index (κ1) is 11.8. The van der Waals surface area contributed by atoms with Crippen LogP contribution in [0.2, 0.25) is 0 Å². The van der Waals surface area contributed by atoms with Crippen LogP contribution in [0.1, 0.15) is 17.0 Å². The van der Waals surface area contributed by atoms with E-state index in [-0.39, 0.29) is 5.69 Å². The zero-order valence-electron chi connectivity index (χ0n) is 9.48. The van der Waals surface area contributed by atoms with Gasteiger partial charge in [0.2, 0.25) is 0 Å². The maximum Gasteiger partial charge on any atom is 0.269 e. The molecule has 0 aliphatic rings. The lowest BCUT2D eigenvalue weighted by Gasteiger charge is -2.09. The summed E-state index contributed by atoms with van der Waals surface area (Å²) in [6, 6.07) is 17.7. The van der Waals surface area contributed by atoms with Gasteiger partial charge in [-0.05, 0) is 11.1 Å². The van der Waals surface area contributed by atoms with E-state index in [1.165, 1.54) is 12.1 Å². The van der Waals surface area contributed by atoms with E-state index in [2.05, 4.69) is 6.07 Å². The molecule has 0 fully saturated rings. The van der Waals surface area contributed by atoms with Crippen molar-refractivity contribution >= 4 is 5.69 Å². The van der Waals surface area contributed by atoms with Crippen LogP contribution in [-0.4, -0.2) is 4.92 Å². The molecule has 0 bridgehead atoms. The highest BCUT2D eigenvalue weighted by molar-refractivity contribution is 5.42. The highest BCUT2D eigenvalue weighted by Crippen LogP contribution is 2.25. The number of hydrogen-bond donors (Lipinski definition) is 0. The molecule has 18 heavy (non-hydrogen) atoms. The van der Waals surface area contributed by atoms with Gasteiger partial charge in [-0.25, -0.2) is 0 Å². The molecule has 0 radical (unpaired) electrons. The quantitative estimate of drug-likeness (QED) is 0.608. The summed E-state index contributed by atoms with van der Waals surface area (Å²) in [7, 11) is 0. The Morgan fingerprint density at radius 1 is 1.00 bits per heavy atom. The molecule has 0 aliphatic carbocycles. The van der Waals surface area contributed by atoms with Crippen LogP contribution >= 0.6 is 0 Å². The standard InChI is InChI=1S/C14H10N2O2/c15-10-14(11-4-2-1-3-5-11)12-6-8-13(9-7-12)16(17)18/h1-9,14H/t14-/m1/s1. The van der Waals surface area contributed by atoms with E-state index >= 15 is 0 Å². The zero-order chi connectivity index (χ0) is 13.0. The molecule has 0 amide bonds. The van der Waals surface area contributed by atoms with Gasteiger partial charge in [-0.3, -0.25) is 10.1 Å². The molecule has 2 aromatic carbocycles. The summed E-state index contributed by atoms with van der Waals surface area (Å²) in [5.41, 5.74) is 1.67. The lowest BCUT2D eigenvalue weighted by molar-refractivity contribution is -0.384. The van der Waals surface area contributed by atoms with E-state index in [4.69, 9.17) is 0 Å². The Morgan fingerprint density at radius 3 is 2.06 bits per heavy atom. The molecule has 0 spiro atoms. The number of hydrogen-bond acceptors (Lipinski definition) is 3. The highest BCUT2D eigenvalue weighted by atomic mass is 16.6. The SMILES string of the molecule is N#C[C@H](c1ccccc1)c1ccc([N+](=O)[O-])cc1. The predicted molar refractivity (Wildman–Crippen MR) is 67.0 cm³/mol. The first-order chi connectivity index (χ1) is 8.72. The van der Waals surface area contributed by atoms with Crippen molar-refractivity contribution in [3.05, 3.63) is 75.8 Å². The van der Waals surface area contributed by atoms with Gasteiger partial charge in [-0.2, -0.15) is 5.26 Å². The van der Waals surface area contributed by atoms with E-state index in [9.17, 15) is 15.4 Å². The van der Waals surface area contributed by atoms with Gasteiger partial charge in [0.15, 0.2) is 0 Å². The molecule has 88 valence electrons. The van der Waals surface area contributed by atoms with Crippen molar-refractivity contribution in [3.8, 4) is 6.07 Å². The number of benzene rings is 2. The van der Waals surface area contributed by atoms with Crippen LogP contribution in [0.3, 0.4) is 0 Å². The second-order valence-electron chi connectivity index (χ2n) is 3.82. The van der Waals surface area contributed by atoms with Crippen LogP contribution in [-0.2, 0) is 0 Å². The Morgan fingerprint density at radius 2 is 1.56 bits per heavy atom. The molecule has 0 aliphatic heterocycles. The predicted octanol–water partition coefficient (Wildman–Crippen LogP) is 3.25. The number of nitro groups is 1. The summed E-state index contributed by atoms with van der Waals surface area (Å²) in [5.74, 6) is -0.396. The Bertz CT molecular complexity index is 585. The van der Waals surface area contributed by atoms with Crippen LogP contribution in [0.4, 0.5) is 5.69 Å². The molecule has 2 aromatic rings. The smallest absolute Gasteiger partial charge is 0.258 e. The molecule has 4 heteroatoms. The van der Waals surface area contributed by atoms with Gasteiger partial charge in [0.05, 0.1) is 16.9 Å². The minimum atomic E-state index is -0.451. The highest BCUT2D eigenvalue weighted by Gasteiger charge is 2.14. The van der Waals surface area contributed by atoms with Gasteiger partial charge in [0.1, 0.15) is 0 Å². The fraction of sp³-hybridized carbons (Fsp3) is 0.0714. The second kappa shape index (κ2) is 5.11. The molecule has 1 atom stereocenters. The molecule has 4 nitrogen and oxygen atoms in total. The topological polar surface area (TPSA) is 66.9 Å². The summed E-state index contributed by atoms with van der Waals surface area (Å²) in [6.45, 7) is 0. The van der Waals surface area contributed by atoms with Crippen molar-refractivity contribution in [3.63, 3.8) is 0 Å². The molecule has 0 saturated carbocycles. The van der Waals surface area contributed by atoms with Crippen LogP contribution < -0.4 is 0 Å². The third-order valence-electron chi connectivity index (χ3n) is 2.70. The average Bonchev–Trinajstić information content (AvgIpc) is 2.41. The van der Waals surface area contributed by atoms with Gasteiger partial charge < -0.3 is 0 Å². The molecule has 0 N–H and O–H groups in total. The van der Waals surface area contributed by atoms with E-state index in [0.29, 0.717) is 0 Å². The molecular weight excluding hydrogens is 228 g/mol. The Labute approximate surface area is 104 Å². The van der Waals surface area contributed by atoms with Crippen molar-refractivity contribution in [1.82, 2.24) is 0 Å². The fourth-order valence-electron chi connectivity index (χ4n) is 1.78. The number of nitro benzene ring substituents is 1. The van der Waals surface area contributed by atoms with Crippen molar-refractivity contribution in [2.75, 3.05) is 0 Å². The van der Waals surface area contributed by atoms with Crippen LogP contribution in [0, 0.1) is 21.4 Å². The lowest BCUT2D eigenvalue weighted by Crippen LogP contribution is -1.98. The second-order valence-corrected chi connectivity index (χ2v) is 3.82. The van der Waals surface area contributed by atoms with Crippen molar-refractivity contribution in [2.45, 2.75) is 5.92 Å². The van der Waals surface area contributed by atoms with Gasteiger partial charge >= 0.3 is 0 Å². The van der Waals surface area contributed by atoms with Crippen molar-refractivity contribution in [2.24, 2.45) is 0 Å². The number of rotatable bonds is 3. The maximum absolute atomic E-state index is 10.6. The molecule has 2 rings (SSSR count). The van der Waals surface area contributed by atoms with E-state index in [1.807, 2.05) is 30.3 Å². The minimum Gasteiger partial charge on any atom is -0.258 e. The molecule has 0 unspecified atom stereocenters. The van der Waals surface area contributed by atoms with Crippen LogP contribution in [0.5, 0.6) is 0 Å². The summed E-state index contributed by atoms with van der Waals surface area (Å²) < 4.78 is 0. The number of non-ortho nitro benzene ring substituents is 1. The first-order valence-corrected chi connectivity index (χ1v) is 5.41. The maximum atomic E-state index is 10.6. The monoisotopic (exact) mass is 238 g/mol. The average molecular weight is 238 g/mol. The van der Waals surface area contributed by atoms with E-state index in [1.54, 1.807) is 12.1 Å². The largest absolute Gasteiger partial charge is 0.269 e. The summed E-state index contributed by atoms with van der Waals surface area (Å²) >= 11 is 0. The lowest BCUT2D eigenvalue weighted by atomic mass is 9.93. The molecule has 0 heterocycles. The van der Waals surface area contributed by atoms with Gasteiger partial charge in [0.25, 0.3) is 5.69 Å². The molecule has 0 aromatic heterocycles. The van der Waals surface area contributed by atoms with E-state index < -0.39 is 10.8 Å². The van der Waals surface area contributed by atoms with Crippen molar-refractivity contribution in [1.29, 1.82) is 5.26 Å².